The predicted octanol–water partition coefficient (Wildman–Crippen LogP) is 4.07. The molecule has 0 saturated carbocycles. The topological polar surface area (TPSA) is 109 Å². The van der Waals surface area contributed by atoms with Gasteiger partial charge in [-0.15, -0.1) is 5.10 Å². The highest BCUT2D eigenvalue weighted by molar-refractivity contribution is 5.90. The number of aromatic nitrogens is 4. The van der Waals surface area contributed by atoms with E-state index in [1.165, 1.54) is 6.07 Å². The molecule has 0 radical (unpaired) electrons. The van der Waals surface area contributed by atoms with Crippen LogP contribution in [0.4, 0.5) is 25.1 Å². The first-order valence-corrected chi connectivity index (χ1v) is 12.7. The number of urea groups is 1. The van der Waals surface area contributed by atoms with Crippen molar-refractivity contribution in [2.45, 2.75) is 31.3 Å². The van der Waals surface area contributed by atoms with Crippen LogP contribution in [0.3, 0.4) is 0 Å². The van der Waals surface area contributed by atoms with Crippen LogP contribution in [0, 0.1) is 18.6 Å². The standard InChI is InChI=1S/C27H31F2N7O3/c1-17-25(36(19-6-4-3-5-7-19)34-26(17)39-11-10-38-2)33-27(37)32-24-16-35(20-13-30-31-14-20)15-21(24)18-8-9-22(28)23(29)12-18/h3-6,8-9,12-14,19,21,24H,7,10-11,15-16H2,1-2H3,(H,30,31)(H2,32,33,37)/t19?,21-,24+/m0/s1. The number of rotatable bonds is 9. The molecular weight excluding hydrogens is 508 g/mol. The number of methoxy groups -OCH3 is 1. The van der Waals surface area contributed by atoms with Crippen molar-refractivity contribution in [2.75, 3.05) is 43.6 Å². The zero-order valence-electron chi connectivity index (χ0n) is 21.7. The molecule has 206 valence electrons. The van der Waals surface area contributed by atoms with Gasteiger partial charge in [-0.05, 0) is 31.0 Å². The number of anilines is 2. The van der Waals surface area contributed by atoms with Gasteiger partial charge in [0.25, 0.3) is 0 Å². The zero-order chi connectivity index (χ0) is 27.4. The van der Waals surface area contributed by atoms with Crippen LogP contribution in [0.5, 0.6) is 5.88 Å². The van der Waals surface area contributed by atoms with Gasteiger partial charge in [-0.25, -0.2) is 18.3 Å². The molecule has 10 nitrogen and oxygen atoms in total. The minimum atomic E-state index is -0.924. The Balaban J connectivity index is 1.37. The highest BCUT2D eigenvalue weighted by Gasteiger charge is 2.36. The molecule has 3 aromatic rings. The second kappa shape index (κ2) is 11.7. The van der Waals surface area contributed by atoms with Crippen LogP contribution in [-0.2, 0) is 4.74 Å². The fraction of sp³-hybridized carbons (Fsp3) is 0.370. The summed E-state index contributed by atoms with van der Waals surface area (Å²) in [5, 5.41) is 17.4. The van der Waals surface area contributed by atoms with E-state index in [4.69, 9.17) is 9.47 Å². The molecule has 2 aliphatic rings. The number of H-pyrrole nitrogens is 1. The van der Waals surface area contributed by atoms with E-state index in [2.05, 4.69) is 25.9 Å². The molecule has 0 spiro atoms. The van der Waals surface area contributed by atoms with Crippen molar-refractivity contribution < 1.29 is 23.0 Å². The highest BCUT2D eigenvalue weighted by atomic mass is 19.2. The molecule has 1 saturated heterocycles. The van der Waals surface area contributed by atoms with Gasteiger partial charge in [0.05, 0.1) is 36.1 Å². The van der Waals surface area contributed by atoms with Crippen LogP contribution in [0.25, 0.3) is 0 Å². The lowest BCUT2D eigenvalue weighted by Gasteiger charge is -2.22. The molecule has 12 heteroatoms. The zero-order valence-corrected chi connectivity index (χ0v) is 21.7. The van der Waals surface area contributed by atoms with E-state index < -0.39 is 23.7 Å². The summed E-state index contributed by atoms with van der Waals surface area (Å²) in [5.41, 5.74) is 2.13. The van der Waals surface area contributed by atoms with Crippen molar-refractivity contribution in [3.05, 3.63) is 77.7 Å². The number of ether oxygens (including phenoxy) is 2. The quantitative estimate of drug-likeness (QED) is 0.354. The summed E-state index contributed by atoms with van der Waals surface area (Å²) in [5.74, 6) is -1.20. The van der Waals surface area contributed by atoms with Gasteiger partial charge in [0.2, 0.25) is 5.88 Å². The van der Waals surface area contributed by atoms with Crippen molar-refractivity contribution in [2.24, 2.45) is 0 Å². The highest BCUT2D eigenvalue weighted by Crippen LogP contribution is 2.33. The van der Waals surface area contributed by atoms with Crippen LogP contribution < -0.4 is 20.3 Å². The Labute approximate surface area is 224 Å². The molecule has 39 heavy (non-hydrogen) atoms. The second-order valence-corrected chi connectivity index (χ2v) is 9.53. The number of nitrogens with zero attached hydrogens (tertiary/aromatic N) is 4. The third-order valence-electron chi connectivity index (χ3n) is 6.99. The van der Waals surface area contributed by atoms with Gasteiger partial charge in [0, 0.05) is 32.3 Å². The lowest BCUT2D eigenvalue weighted by molar-refractivity contribution is 0.142. The Hall–Kier alpha value is -4.19. The largest absolute Gasteiger partial charge is 0.474 e. The molecular formula is C27H31F2N7O3. The first kappa shape index (κ1) is 26.4. The monoisotopic (exact) mass is 539 g/mol. The number of halogens is 2. The van der Waals surface area contributed by atoms with E-state index in [1.807, 2.05) is 36.1 Å². The van der Waals surface area contributed by atoms with Crippen molar-refractivity contribution in [3.8, 4) is 5.88 Å². The van der Waals surface area contributed by atoms with Gasteiger partial charge < -0.3 is 19.7 Å². The van der Waals surface area contributed by atoms with Crippen molar-refractivity contribution in [1.29, 1.82) is 0 Å². The Kier molecular flexibility index (Phi) is 7.92. The van der Waals surface area contributed by atoms with Crippen LogP contribution in [0.2, 0.25) is 0 Å². The van der Waals surface area contributed by atoms with E-state index in [0.29, 0.717) is 55.5 Å². The molecule has 3 atom stereocenters. The first-order chi connectivity index (χ1) is 18.9. The molecule has 1 aliphatic carbocycles. The van der Waals surface area contributed by atoms with Gasteiger partial charge in [-0.2, -0.15) is 5.10 Å². The van der Waals surface area contributed by atoms with Gasteiger partial charge >= 0.3 is 6.03 Å². The summed E-state index contributed by atoms with van der Waals surface area (Å²) in [7, 11) is 1.59. The second-order valence-electron chi connectivity index (χ2n) is 9.53. The van der Waals surface area contributed by atoms with E-state index in [0.717, 1.165) is 11.8 Å². The third kappa shape index (κ3) is 5.80. The van der Waals surface area contributed by atoms with E-state index >= 15 is 0 Å². The van der Waals surface area contributed by atoms with Gasteiger partial charge in [-0.1, -0.05) is 30.4 Å². The van der Waals surface area contributed by atoms with Gasteiger partial charge in [-0.3, -0.25) is 10.4 Å². The van der Waals surface area contributed by atoms with Crippen molar-refractivity contribution >= 4 is 17.5 Å². The number of carbonyl (C=O) groups excluding carboxylic acids is 1. The maximum absolute atomic E-state index is 14.1. The summed E-state index contributed by atoms with van der Waals surface area (Å²) < 4.78 is 40.4. The number of amides is 2. The van der Waals surface area contributed by atoms with Crippen molar-refractivity contribution in [3.63, 3.8) is 0 Å². The minimum Gasteiger partial charge on any atom is -0.474 e. The number of aromatic amines is 1. The number of hydrogen-bond donors (Lipinski definition) is 3. The number of allylic oxidation sites excluding steroid dienone is 4. The summed E-state index contributed by atoms with van der Waals surface area (Å²) in [4.78, 5) is 15.4. The van der Waals surface area contributed by atoms with Crippen LogP contribution in [0.15, 0.2) is 54.9 Å². The smallest absolute Gasteiger partial charge is 0.320 e. The number of nitrogens with one attached hydrogen (secondary N) is 3. The maximum atomic E-state index is 14.1. The molecule has 1 aliphatic heterocycles. The van der Waals surface area contributed by atoms with E-state index in [1.54, 1.807) is 30.3 Å². The molecule has 3 N–H and O–H groups in total. The average Bonchev–Trinajstić information content (AvgIpc) is 3.68. The van der Waals surface area contributed by atoms with E-state index in [9.17, 15) is 13.6 Å². The molecule has 2 amide bonds. The summed E-state index contributed by atoms with van der Waals surface area (Å²) in [6.07, 6.45) is 12.1. The Morgan fingerprint density at radius 1 is 1.21 bits per heavy atom. The summed E-state index contributed by atoms with van der Waals surface area (Å²) in [6.45, 7) is 3.51. The molecule has 1 fully saturated rings. The third-order valence-corrected chi connectivity index (χ3v) is 6.99. The first-order valence-electron chi connectivity index (χ1n) is 12.7. The SMILES string of the molecule is COCCOc1nn(C2C=CC=CC2)c(NC(=O)N[C@@H]2CN(c3cn[nH]c3)C[C@H]2c2ccc(F)c(F)c2)c1C. The van der Waals surface area contributed by atoms with Gasteiger partial charge in [0.15, 0.2) is 11.6 Å². The van der Waals surface area contributed by atoms with Crippen LogP contribution >= 0.6 is 0 Å². The van der Waals surface area contributed by atoms with Crippen LogP contribution in [0.1, 0.15) is 29.5 Å². The maximum Gasteiger partial charge on any atom is 0.320 e. The Morgan fingerprint density at radius 3 is 2.79 bits per heavy atom. The molecule has 1 aromatic carbocycles. The number of hydrogen-bond acceptors (Lipinski definition) is 6. The molecule has 5 rings (SSSR count). The number of benzene rings is 1. The van der Waals surface area contributed by atoms with Crippen LogP contribution in [-0.4, -0.2) is 65.5 Å². The molecule has 3 heterocycles. The normalized spacial score (nSPS) is 20.4. The lowest BCUT2D eigenvalue weighted by Crippen LogP contribution is -2.42. The molecule has 0 bridgehead atoms. The van der Waals surface area contributed by atoms with E-state index in [-0.39, 0.29) is 12.0 Å². The summed E-state index contributed by atoms with van der Waals surface area (Å²) >= 11 is 0. The lowest BCUT2D eigenvalue weighted by atomic mass is 9.94. The summed E-state index contributed by atoms with van der Waals surface area (Å²) in [6, 6.07) is 2.93. The van der Waals surface area contributed by atoms with Crippen molar-refractivity contribution in [1.82, 2.24) is 25.3 Å². The Bertz CT molecular complexity index is 1360. The fourth-order valence-corrected chi connectivity index (χ4v) is 4.97. The average molecular weight is 540 g/mol. The molecule has 2 aromatic heterocycles. The fourth-order valence-electron chi connectivity index (χ4n) is 4.97. The minimum absolute atomic E-state index is 0.0956. The van der Waals surface area contributed by atoms with Gasteiger partial charge in [0.1, 0.15) is 12.4 Å². The predicted molar refractivity (Wildman–Crippen MR) is 142 cm³/mol. The Morgan fingerprint density at radius 2 is 2.08 bits per heavy atom. The number of carbonyl (C=O) groups is 1. The molecule has 1 unspecified atom stereocenters.